The van der Waals surface area contributed by atoms with E-state index in [0.29, 0.717) is 5.41 Å². The average molecular weight is 202 g/mol. The van der Waals surface area contributed by atoms with Crippen molar-refractivity contribution in [2.24, 2.45) is 5.41 Å². The van der Waals surface area contributed by atoms with Crippen LogP contribution >= 0.6 is 0 Å². The first-order valence-electron chi connectivity index (χ1n) is 5.80. The van der Waals surface area contributed by atoms with Gasteiger partial charge in [-0.05, 0) is 37.5 Å². The minimum atomic E-state index is 0.694. The highest BCUT2D eigenvalue weighted by atomic mass is 15.2. The van der Waals surface area contributed by atoms with Crippen molar-refractivity contribution >= 4 is 11.4 Å². The predicted octanol–water partition coefficient (Wildman–Crippen LogP) is 2.57. The summed E-state index contributed by atoms with van der Waals surface area (Å²) in [4.78, 5) is 2.45. The summed E-state index contributed by atoms with van der Waals surface area (Å²) in [6.45, 7) is 4.55. The number of hydrogen-bond donors (Lipinski definition) is 1. The molecule has 2 fully saturated rings. The van der Waals surface area contributed by atoms with Gasteiger partial charge < -0.3 is 10.6 Å². The minimum Gasteiger partial charge on any atom is -0.398 e. The second kappa shape index (κ2) is 2.91. The first kappa shape index (κ1) is 9.08. The highest BCUT2D eigenvalue weighted by Crippen LogP contribution is 2.49. The van der Waals surface area contributed by atoms with Crippen molar-refractivity contribution in [3.05, 3.63) is 23.8 Å². The van der Waals surface area contributed by atoms with Crippen molar-refractivity contribution < 1.29 is 0 Å². The molecule has 2 aliphatic rings. The van der Waals surface area contributed by atoms with Gasteiger partial charge in [0, 0.05) is 29.9 Å². The van der Waals surface area contributed by atoms with Gasteiger partial charge in [-0.15, -0.1) is 0 Å². The smallest absolute Gasteiger partial charge is 0.0387 e. The first-order chi connectivity index (χ1) is 7.19. The molecule has 0 bridgehead atoms. The van der Waals surface area contributed by atoms with Crippen LogP contribution in [0.15, 0.2) is 18.2 Å². The van der Waals surface area contributed by atoms with Crippen LogP contribution in [0.5, 0.6) is 0 Å². The highest BCUT2D eigenvalue weighted by molar-refractivity contribution is 5.61. The summed E-state index contributed by atoms with van der Waals surface area (Å²) in [6, 6.07) is 6.43. The van der Waals surface area contributed by atoms with Crippen molar-refractivity contribution in [2.75, 3.05) is 23.7 Å². The second-order valence-electron chi connectivity index (χ2n) is 5.25. The quantitative estimate of drug-likeness (QED) is 0.709. The first-order valence-corrected chi connectivity index (χ1v) is 5.80. The van der Waals surface area contributed by atoms with E-state index in [-0.39, 0.29) is 0 Å². The van der Waals surface area contributed by atoms with Crippen LogP contribution in [-0.4, -0.2) is 13.1 Å². The van der Waals surface area contributed by atoms with Gasteiger partial charge >= 0.3 is 0 Å². The Labute approximate surface area is 91.1 Å². The van der Waals surface area contributed by atoms with Crippen LogP contribution in [0.3, 0.4) is 0 Å². The van der Waals surface area contributed by atoms with Gasteiger partial charge in [-0.25, -0.2) is 0 Å². The molecule has 1 spiro atoms. The van der Waals surface area contributed by atoms with Gasteiger partial charge in [0.2, 0.25) is 0 Å². The Morgan fingerprint density at radius 2 is 2.00 bits per heavy atom. The number of rotatable bonds is 1. The summed E-state index contributed by atoms with van der Waals surface area (Å²) in [7, 11) is 0. The molecule has 1 aromatic carbocycles. The largest absolute Gasteiger partial charge is 0.398 e. The summed E-state index contributed by atoms with van der Waals surface area (Å²) in [6.07, 6.45) is 4.31. The lowest BCUT2D eigenvalue weighted by Gasteiger charge is -2.57. The van der Waals surface area contributed by atoms with Crippen LogP contribution in [0, 0.1) is 12.3 Å². The SMILES string of the molecule is Cc1ccc(N2CC3(CCC3)C2)cc1N. The fourth-order valence-corrected chi connectivity index (χ4v) is 2.76. The Balaban J connectivity index is 1.75. The molecular weight excluding hydrogens is 184 g/mol. The summed E-state index contributed by atoms with van der Waals surface area (Å²) >= 11 is 0. The summed E-state index contributed by atoms with van der Waals surface area (Å²) in [5, 5.41) is 0. The van der Waals surface area contributed by atoms with Gasteiger partial charge in [-0.1, -0.05) is 12.5 Å². The van der Waals surface area contributed by atoms with Gasteiger partial charge in [0.1, 0.15) is 0 Å². The van der Waals surface area contributed by atoms with E-state index in [1.807, 2.05) is 0 Å². The zero-order chi connectivity index (χ0) is 10.5. The minimum absolute atomic E-state index is 0.694. The number of nitrogen functional groups attached to an aromatic ring is 1. The van der Waals surface area contributed by atoms with Gasteiger partial charge in [-0.3, -0.25) is 0 Å². The summed E-state index contributed by atoms with van der Waals surface area (Å²) in [5.74, 6) is 0. The number of benzene rings is 1. The monoisotopic (exact) mass is 202 g/mol. The van der Waals surface area contributed by atoms with Crippen molar-refractivity contribution in [1.29, 1.82) is 0 Å². The zero-order valence-electron chi connectivity index (χ0n) is 9.29. The molecule has 1 aromatic rings. The fraction of sp³-hybridized carbons (Fsp3) is 0.538. The molecule has 1 aliphatic heterocycles. The van der Waals surface area contributed by atoms with Gasteiger partial charge in [-0.2, -0.15) is 0 Å². The molecule has 2 N–H and O–H groups in total. The Kier molecular flexibility index (Phi) is 1.76. The lowest BCUT2D eigenvalue weighted by atomic mass is 9.63. The molecule has 15 heavy (non-hydrogen) atoms. The molecule has 0 amide bonds. The number of aryl methyl sites for hydroxylation is 1. The van der Waals surface area contributed by atoms with Gasteiger partial charge in [0.05, 0.1) is 0 Å². The summed E-state index contributed by atoms with van der Waals surface area (Å²) < 4.78 is 0. The molecule has 80 valence electrons. The molecule has 2 heteroatoms. The van der Waals surface area contributed by atoms with Crippen LogP contribution in [0.2, 0.25) is 0 Å². The molecule has 0 aromatic heterocycles. The molecule has 2 nitrogen and oxygen atoms in total. The lowest BCUT2D eigenvalue weighted by Crippen LogP contribution is -2.59. The van der Waals surface area contributed by atoms with Crippen LogP contribution in [-0.2, 0) is 0 Å². The number of anilines is 2. The Morgan fingerprint density at radius 3 is 2.53 bits per heavy atom. The molecule has 0 radical (unpaired) electrons. The molecule has 1 saturated heterocycles. The molecular formula is C13H18N2. The fourth-order valence-electron chi connectivity index (χ4n) is 2.76. The number of nitrogens with zero attached hydrogens (tertiary/aromatic N) is 1. The van der Waals surface area contributed by atoms with Crippen LogP contribution in [0.4, 0.5) is 11.4 Å². The second-order valence-corrected chi connectivity index (χ2v) is 5.25. The van der Waals surface area contributed by atoms with Crippen molar-refractivity contribution in [2.45, 2.75) is 26.2 Å². The predicted molar refractivity (Wildman–Crippen MR) is 64.1 cm³/mol. The summed E-state index contributed by atoms with van der Waals surface area (Å²) in [5.41, 5.74) is 10.0. The molecule has 0 atom stereocenters. The number of nitrogens with two attached hydrogens (primary N) is 1. The van der Waals surface area contributed by atoms with Gasteiger partial charge in [0.25, 0.3) is 0 Å². The molecule has 3 rings (SSSR count). The Hall–Kier alpha value is -1.18. The van der Waals surface area contributed by atoms with E-state index >= 15 is 0 Å². The number of hydrogen-bond acceptors (Lipinski definition) is 2. The standard InChI is InChI=1S/C13H18N2/c1-10-3-4-11(7-12(10)14)15-8-13(9-15)5-2-6-13/h3-4,7H,2,5-6,8-9,14H2,1H3. The van der Waals surface area contributed by atoms with Crippen LogP contribution < -0.4 is 10.6 Å². The third-order valence-electron chi connectivity index (χ3n) is 4.09. The zero-order valence-corrected chi connectivity index (χ0v) is 9.29. The van der Waals surface area contributed by atoms with Crippen molar-refractivity contribution in [3.63, 3.8) is 0 Å². The highest BCUT2D eigenvalue weighted by Gasteiger charge is 2.47. The van der Waals surface area contributed by atoms with E-state index in [1.54, 1.807) is 0 Å². The van der Waals surface area contributed by atoms with E-state index in [9.17, 15) is 0 Å². The average Bonchev–Trinajstić information content (AvgIpc) is 2.06. The van der Waals surface area contributed by atoms with E-state index in [0.717, 1.165) is 5.69 Å². The normalized spacial score (nSPS) is 22.3. The lowest BCUT2D eigenvalue weighted by molar-refractivity contribution is 0.0904. The maximum absolute atomic E-state index is 5.92. The Bertz CT molecular complexity index is 386. The molecule has 1 aliphatic carbocycles. The van der Waals surface area contributed by atoms with E-state index < -0.39 is 0 Å². The molecule has 1 saturated carbocycles. The van der Waals surface area contributed by atoms with Gasteiger partial charge in [0.15, 0.2) is 0 Å². The topological polar surface area (TPSA) is 29.3 Å². The van der Waals surface area contributed by atoms with E-state index in [4.69, 9.17) is 5.73 Å². The van der Waals surface area contributed by atoms with Crippen LogP contribution in [0.1, 0.15) is 24.8 Å². The van der Waals surface area contributed by atoms with E-state index in [2.05, 4.69) is 30.0 Å². The third-order valence-corrected chi connectivity index (χ3v) is 4.09. The van der Waals surface area contributed by atoms with E-state index in [1.165, 1.54) is 43.6 Å². The van der Waals surface area contributed by atoms with Crippen molar-refractivity contribution in [1.82, 2.24) is 0 Å². The maximum Gasteiger partial charge on any atom is 0.0387 e. The van der Waals surface area contributed by atoms with Crippen molar-refractivity contribution in [3.8, 4) is 0 Å². The molecule has 1 heterocycles. The third kappa shape index (κ3) is 1.31. The molecule has 0 unspecified atom stereocenters. The van der Waals surface area contributed by atoms with Crippen LogP contribution in [0.25, 0.3) is 0 Å². The Morgan fingerprint density at radius 1 is 1.27 bits per heavy atom. The maximum atomic E-state index is 5.92.